The Morgan fingerprint density at radius 2 is 2.00 bits per heavy atom. The number of aryl methyl sites for hydroxylation is 1. The molecule has 1 unspecified atom stereocenters. The van der Waals surface area contributed by atoms with Gasteiger partial charge in [-0.05, 0) is 57.0 Å². The summed E-state index contributed by atoms with van der Waals surface area (Å²) in [4.78, 5) is 13.1. The Balaban J connectivity index is 0.00000208. The van der Waals surface area contributed by atoms with Crippen LogP contribution in [0.15, 0.2) is 42.7 Å². The van der Waals surface area contributed by atoms with Gasteiger partial charge in [-0.3, -0.25) is 9.48 Å². The fraction of sp³-hybridized carbons (Fsp3) is 0.444. The van der Waals surface area contributed by atoms with Gasteiger partial charge in [-0.1, -0.05) is 24.3 Å². The van der Waals surface area contributed by atoms with Gasteiger partial charge in [0.05, 0.1) is 6.04 Å². The molecule has 0 radical (unpaired) electrons. The molecule has 1 fully saturated rings. The summed E-state index contributed by atoms with van der Waals surface area (Å²) >= 11 is 0. The van der Waals surface area contributed by atoms with Gasteiger partial charge in [-0.25, -0.2) is 0 Å². The van der Waals surface area contributed by atoms with Crippen molar-refractivity contribution in [2.24, 2.45) is 0 Å². The summed E-state index contributed by atoms with van der Waals surface area (Å²) < 4.78 is 1.83. The number of hydrogen-bond acceptors (Lipinski definition) is 3. The SMILES string of the molecule is Cc1ccccc1C(C)NC(=O)C1(n2cccn2)CCNCC1.Cl. The molecule has 1 aliphatic heterocycles. The summed E-state index contributed by atoms with van der Waals surface area (Å²) in [5.74, 6) is 0.0541. The molecule has 1 aromatic carbocycles. The van der Waals surface area contributed by atoms with Crippen molar-refractivity contribution in [2.45, 2.75) is 38.3 Å². The Hall–Kier alpha value is -1.85. The molecule has 0 saturated carbocycles. The standard InChI is InChI=1S/C18H24N4O.ClH/c1-14-6-3-4-7-16(14)15(2)21-17(23)18(8-11-19-12-9-18)22-13-5-10-20-22;/h3-7,10,13,15,19H,8-9,11-12H2,1-2H3,(H,21,23);1H. The first-order valence-electron chi connectivity index (χ1n) is 8.21. The molecule has 1 amide bonds. The van der Waals surface area contributed by atoms with Gasteiger partial charge in [0.1, 0.15) is 5.54 Å². The lowest BCUT2D eigenvalue weighted by atomic mass is 9.87. The number of benzene rings is 1. The van der Waals surface area contributed by atoms with Crippen LogP contribution in [0.5, 0.6) is 0 Å². The highest BCUT2D eigenvalue weighted by atomic mass is 35.5. The number of piperidine rings is 1. The fourth-order valence-corrected chi connectivity index (χ4v) is 3.40. The van der Waals surface area contributed by atoms with E-state index in [1.165, 1.54) is 5.56 Å². The molecule has 130 valence electrons. The average molecular weight is 349 g/mol. The van der Waals surface area contributed by atoms with Crippen LogP contribution in [0.4, 0.5) is 0 Å². The van der Waals surface area contributed by atoms with E-state index in [1.54, 1.807) is 6.20 Å². The van der Waals surface area contributed by atoms with Gasteiger partial charge in [0.25, 0.3) is 0 Å². The van der Waals surface area contributed by atoms with Crippen LogP contribution in [0.2, 0.25) is 0 Å². The number of aromatic nitrogens is 2. The number of carbonyl (C=O) groups excluding carboxylic acids is 1. The molecule has 2 heterocycles. The molecule has 2 aromatic rings. The molecule has 1 atom stereocenters. The van der Waals surface area contributed by atoms with E-state index in [0.29, 0.717) is 0 Å². The zero-order valence-corrected chi connectivity index (χ0v) is 15.0. The monoisotopic (exact) mass is 348 g/mol. The zero-order chi connectivity index (χ0) is 16.3. The first-order valence-corrected chi connectivity index (χ1v) is 8.21. The van der Waals surface area contributed by atoms with Crippen LogP contribution in [-0.2, 0) is 10.3 Å². The molecule has 1 aliphatic rings. The topological polar surface area (TPSA) is 59.0 Å². The maximum absolute atomic E-state index is 13.1. The van der Waals surface area contributed by atoms with Crippen LogP contribution in [0.3, 0.4) is 0 Å². The van der Waals surface area contributed by atoms with Crippen molar-refractivity contribution in [3.05, 3.63) is 53.9 Å². The van der Waals surface area contributed by atoms with E-state index in [1.807, 2.05) is 36.0 Å². The number of carbonyl (C=O) groups is 1. The third-order valence-corrected chi connectivity index (χ3v) is 4.80. The largest absolute Gasteiger partial charge is 0.347 e. The molecule has 6 heteroatoms. The summed E-state index contributed by atoms with van der Waals surface area (Å²) in [6, 6.07) is 10.0. The molecular weight excluding hydrogens is 324 g/mol. The van der Waals surface area contributed by atoms with Crippen molar-refractivity contribution in [3.63, 3.8) is 0 Å². The maximum atomic E-state index is 13.1. The van der Waals surface area contributed by atoms with E-state index in [-0.39, 0.29) is 24.4 Å². The molecule has 2 N–H and O–H groups in total. The van der Waals surface area contributed by atoms with E-state index < -0.39 is 5.54 Å². The number of nitrogens with one attached hydrogen (secondary N) is 2. The van der Waals surface area contributed by atoms with E-state index in [4.69, 9.17) is 0 Å². The summed E-state index contributed by atoms with van der Waals surface area (Å²) in [5, 5.41) is 10.9. The summed E-state index contributed by atoms with van der Waals surface area (Å²) in [6.07, 6.45) is 5.13. The third-order valence-electron chi connectivity index (χ3n) is 4.80. The third kappa shape index (κ3) is 3.47. The smallest absolute Gasteiger partial charge is 0.248 e. The lowest BCUT2D eigenvalue weighted by molar-refractivity contribution is -0.132. The van der Waals surface area contributed by atoms with Gasteiger partial charge >= 0.3 is 0 Å². The van der Waals surface area contributed by atoms with E-state index in [0.717, 1.165) is 31.5 Å². The molecule has 24 heavy (non-hydrogen) atoms. The average Bonchev–Trinajstić information content (AvgIpc) is 3.10. The van der Waals surface area contributed by atoms with Crippen LogP contribution in [-0.4, -0.2) is 28.8 Å². The normalized spacial score (nSPS) is 17.6. The highest BCUT2D eigenvalue weighted by Crippen LogP contribution is 2.28. The van der Waals surface area contributed by atoms with Gasteiger partial charge in [-0.15, -0.1) is 12.4 Å². The first-order chi connectivity index (χ1) is 11.1. The molecule has 1 aromatic heterocycles. The van der Waals surface area contributed by atoms with Gasteiger partial charge in [-0.2, -0.15) is 5.10 Å². The minimum atomic E-state index is -0.592. The first kappa shape index (κ1) is 18.5. The highest BCUT2D eigenvalue weighted by molar-refractivity contribution is 5.85. The number of nitrogens with zero attached hydrogens (tertiary/aromatic N) is 2. The summed E-state index contributed by atoms with van der Waals surface area (Å²) in [6.45, 7) is 5.77. The van der Waals surface area contributed by atoms with Gasteiger partial charge in [0.2, 0.25) is 5.91 Å². The van der Waals surface area contributed by atoms with Crippen LogP contribution in [0.1, 0.15) is 36.9 Å². The molecule has 0 aliphatic carbocycles. The Labute approximate surface area is 149 Å². The van der Waals surface area contributed by atoms with E-state index in [9.17, 15) is 4.79 Å². The van der Waals surface area contributed by atoms with Crippen molar-refractivity contribution >= 4 is 18.3 Å². The second kappa shape index (κ2) is 7.81. The molecule has 0 spiro atoms. The van der Waals surface area contributed by atoms with E-state index in [2.05, 4.69) is 34.8 Å². The minimum Gasteiger partial charge on any atom is -0.347 e. The fourth-order valence-electron chi connectivity index (χ4n) is 3.40. The Kier molecular flexibility index (Phi) is 6.02. The number of hydrogen-bond donors (Lipinski definition) is 2. The second-order valence-electron chi connectivity index (χ2n) is 6.28. The van der Waals surface area contributed by atoms with Crippen LogP contribution < -0.4 is 10.6 Å². The summed E-state index contributed by atoms with van der Waals surface area (Å²) in [7, 11) is 0. The predicted molar refractivity (Wildman–Crippen MR) is 97.3 cm³/mol. The van der Waals surface area contributed by atoms with Crippen molar-refractivity contribution in [1.82, 2.24) is 20.4 Å². The molecular formula is C18H25ClN4O. The quantitative estimate of drug-likeness (QED) is 0.892. The van der Waals surface area contributed by atoms with Crippen LogP contribution in [0, 0.1) is 6.92 Å². The second-order valence-corrected chi connectivity index (χ2v) is 6.28. The van der Waals surface area contributed by atoms with Crippen LogP contribution in [0.25, 0.3) is 0 Å². The maximum Gasteiger partial charge on any atom is 0.248 e. The molecule has 5 nitrogen and oxygen atoms in total. The van der Waals surface area contributed by atoms with Crippen LogP contribution >= 0.6 is 12.4 Å². The van der Waals surface area contributed by atoms with Gasteiger partial charge in [0.15, 0.2) is 0 Å². The molecule has 0 bridgehead atoms. The highest BCUT2D eigenvalue weighted by Gasteiger charge is 2.42. The number of rotatable bonds is 4. The summed E-state index contributed by atoms with van der Waals surface area (Å²) in [5.41, 5.74) is 1.76. The Morgan fingerprint density at radius 3 is 2.62 bits per heavy atom. The lowest BCUT2D eigenvalue weighted by Gasteiger charge is -2.37. The van der Waals surface area contributed by atoms with Crippen molar-refractivity contribution < 1.29 is 4.79 Å². The predicted octanol–water partition coefficient (Wildman–Crippen LogP) is 2.57. The lowest BCUT2D eigenvalue weighted by Crippen LogP contribution is -2.55. The Morgan fingerprint density at radius 1 is 1.29 bits per heavy atom. The van der Waals surface area contributed by atoms with Crippen molar-refractivity contribution in [3.8, 4) is 0 Å². The van der Waals surface area contributed by atoms with Crippen molar-refractivity contribution in [1.29, 1.82) is 0 Å². The number of halogens is 1. The van der Waals surface area contributed by atoms with E-state index >= 15 is 0 Å². The van der Waals surface area contributed by atoms with Gasteiger partial charge in [0, 0.05) is 12.4 Å². The van der Waals surface area contributed by atoms with Gasteiger partial charge < -0.3 is 10.6 Å². The zero-order valence-electron chi connectivity index (χ0n) is 14.2. The molecule has 1 saturated heterocycles. The molecule has 3 rings (SSSR count). The minimum absolute atomic E-state index is 0. The Bertz CT molecular complexity index is 665. The number of amides is 1. The van der Waals surface area contributed by atoms with Crippen molar-refractivity contribution in [2.75, 3.05) is 13.1 Å².